The fourth-order valence-corrected chi connectivity index (χ4v) is 3.12. The second-order valence-corrected chi connectivity index (χ2v) is 7.16. The van der Waals surface area contributed by atoms with Crippen LogP contribution in [0.3, 0.4) is 0 Å². The maximum absolute atomic E-state index is 12.6. The molecular weight excluding hydrogens is 330 g/mol. The first kappa shape index (κ1) is 17.8. The molecule has 134 valence electrons. The third kappa shape index (κ3) is 3.09. The highest BCUT2D eigenvalue weighted by Crippen LogP contribution is 2.32. The van der Waals surface area contributed by atoms with Crippen LogP contribution in [0.1, 0.15) is 45.1 Å². The Morgan fingerprint density at radius 3 is 2.46 bits per heavy atom. The lowest BCUT2D eigenvalue weighted by molar-refractivity contribution is -0.0554. The molecule has 3 rings (SSSR count). The predicted molar refractivity (Wildman–Crippen MR) is 99.5 cm³/mol. The lowest BCUT2D eigenvalue weighted by atomic mass is 10.0. The number of nitrogens with one attached hydrogen (secondary N) is 1. The first-order valence-corrected chi connectivity index (χ1v) is 8.37. The van der Waals surface area contributed by atoms with Gasteiger partial charge in [0.25, 0.3) is 0 Å². The summed E-state index contributed by atoms with van der Waals surface area (Å²) in [5.41, 5.74) is 0.450. The number of H-pyrrole nitrogens is 1. The SMILES string of the molecule is CC(OC(C)(C)C)c1[nH]c(=O)n(-c2ccc(C#N)c3ccccc23)c1O. The summed E-state index contributed by atoms with van der Waals surface area (Å²) in [7, 11) is 0. The Kier molecular flexibility index (Phi) is 4.34. The van der Waals surface area contributed by atoms with Crippen molar-refractivity contribution in [3.8, 4) is 17.6 Å². The molecule has 2 aromatic carbocycles. The van der Waals surface area contributed by atoms with Gasteiger partial charge in [0.2, 0.25) is 5.88 Å². The molecule has 0 aliphatic rings. The fourth-order valence-electron chi connectivity index (χ4n) is 3.12. The van der Waals surface area contributed by atoms with E-state index < -0.39 is 17.4 Å². The van der Waals surface area contributed by atoms with Gasteiger partial charge in [-0.05, 0) is 39.8 Å². The summed E-state index contributed by atoms with van der Waals surface area (Å²) in [5.74, 6) is -0.193. The number of aromatic hydroxyl groups is 1. The van der Waals surface area contributed by atoms with E-state index in [0.717, 1.165) is 5.39 Å². The van der Waals surface area contributed by atoms with Crippen molar-refractivity contribution in [1.82, 2.24) is 9.55 Å². The number of hydrogen-bond donors (Lipinski definition) is 2. The van der Waals surface area contributed by atoms with E-state index in [9.17, 15) is 15.2 Å². The lowest BCUT2D eigenvalue weighted by Crippen LogP contribution is -2.21. The van der Waals surface area contributed by atoms with Gasteiger partial charge in [-0.15, -0.1) is 0 Å². The molecule has 0 aliphatic heterocycles. The van der Waals surface area contributed by atoms with Gasteiger partial charge in [0.1, 0.15) is 11.8 Å². The highest BCUT2D eigenvalue weighted by Gasteiger charge is 2.24. The average molecular weight is 351 g/mol. The molecule has 0 saturated heterocycles. The number of ether oxygens (including phenoxy) is 1. The molecule has 6 heteroatoms. The molecule has 1 aromatic heterocycles. The van der Waals surface area contributed by atoms with E-state index in [1.165, 1.54) is 4.57 Å². The Hall–Kier alpha value is -3.04. The molecule has 3 aromatic rings. The normalized spacial score (nSPS) is 12.9. The number of rotatable bonds is 3. The second-order valence-electron chi connectivity index (χ2n) is 7.16. The van der Waals surface area contributed by atoms with Crippen LogP contribution in [0.4, 0.5) is 0 Å². The van der Waals surface area contributed by atoms with E-state index in [-0.39, 0.29) is 5.88 Å². The maximum Gasteiger partial charge on any atom is 0.333 e. The topological polar surface area (TPSA) is 91.0 Å². The van der Waals surface area contributed by atoms with Gasteiger partial charge >= 0.3 is 5.69 Å². The second kappa shape index (κ2) is 6.36. The summed E-state index contributed by atoms with van der Waals surface area (Å²) in [6.45, 7) is 7.49. The highest BCUT2D eigenvalue weighted by atomic mass is 16.5. The summed E-state index contributed by atoms with van der Waals surface area (Å²) < 4.78 is 7.06. The minimum atomic E-state index is -0.492. The predicted octanol–water partition coefficient (Wildman–Crippen LogP) is 3.77. The van der Waals surface area contributed by atoms with Gasteiger partial charge in [-0.1, -0.05) is 24.3 Å². The molecule has 26 heavy (non-hydrogen) atoms. The van der Waals surface area contributed by atoms with Crippen molar-refractivity contribution in [3.63, 3.8) is 0 Å². The van der Waals surface area contributed by atoms with Crippen LogP contribution in [-0.2, 0) is 4.74 Å². The Morgan fingerprint density at radius 1 is 1.19 bits per heavy atom. The first-order chi connectivity index (χ1) is 12.2. The summed E-state index contributed by atoms with van der Waals surface area (Å²) in [5, 5.41) is 21.4. The molecule has 0 radical (unpaired) electrons. The highest BCUT2D eigenvalue weighted by molar-refractivity contribution is 5.94. The molecule has 1 atom stereocenters. The number of hydrogen-bond acceptors (Lipinski definition) is 4. The van der Waals surface area contributed by atoms with Gasteiger partial charge in [0.15, 0.2) is 0 Å². The smallest absolute Gasteiger partial charge is 0.333 e. The molecule has 1 heterocycles. The van der Waals surface area contributed by atoms with Crippen molar-refractivity contribution in [2.24, 2.45) is 0 Å². The van der Waals surface area contributed by atoms with Crippen LogP contribution < -0.4 is 5.69 Å². The van der Waals surface area contributed by atoms with Crippen LogP contribution in [-0.4, -0.2) is 20.3 Å². The lowest BCUT2D eigenvalue weighted by Gasteiger charge is -2.24. The average Bonchev–Trinajstić information content (AvgIpc) is 2.87. The van der Waals surface area contributed by atoms with Gasteiger partial charge in [-0.2, -0.15) is 5.26 Å². The minimum absolute atomic E-state index is 0.193. The summed E-state index contributed by atoms with van der Waals surface area (Å²) in [4.78, 5) is 15.3. The van der Waals surface area contributed by atoms with Crippen LogP contribution in [0.25, 0.3) is 16.5 Å². The zero-order valence-corrected chi connectivity index (χ0v) is 15.2. The van der Waals surface area contributed by atoms with Gasteiger partial charge in [0, 0.05) is 10.8 Å². The van der Waals surface area contributed by atoms with Gasteiger partial charge in [-0.25, -0.2) is 9.36 Å². The molecule has 1 unspecified atom stereocenters. The number of fused-ring (bicyclic) bond motifs is 1. The minimum Gasteiger partial charge on any atom is -0.493 e. The quantitative estimate of drug-likeness (QED) is 0.751. The third-order valence-electron chi connectivity index (χ3n) is 4.10. The summed E-state index contributed by atoms with van der Waals surface area (Å²) in [6.07, 6.45) is -0.492. The molecule has 0 saturated carbocycles. The summed E-state index contributed by atoms with van der Waals surface area (Å²) in [6, 6.07) is 12.7. The summed E-state index contributed by atoms with van der Waals surface area (Å²) >= 11 is 0. The van der Waals surface area contributed by atoms with E-state index in [1.807, 2.05) is 45.0 Å². The maximum atomic E-state index is 12.6. The molecule has 0 aliphatic carbocycles. The molecule has 0 bridgehead atoms. The fraction of sp³-hybridized carbons (Fsp3) is 0.300. The third-order valence-corrected chi connectivity index (χ3v) is 4.10. The van der Waals surface area contributed by atoms with Crippen LogP contribution in [0.5, 0.6) is 5.88 Å². The van der Waals surface area contributed by atoms with Crippen molar-refractivity contribution >= 4 is 10.8 Å². The first-order valence-electron chi connectivity index (χ1n) is 8.37. The van der Waals surface area contributed by atoms with Crippen molar-refractivity contribution < 1.29 is 9.84 Å². The van der Waals surface area contributed by atoms with E-state index in [4.69, 9.17) is 4.74 Å². The number of imidazole rings is 1. The van der Waals surface area contributed by atoms with Crippen LogP contribution in [0.15, 0.2) is 41.2 Å². The number of aromatic nitrogens is 2. The number of benzene rings is 2. The van der Waals surface area contributed by atoms with Crippen LogP contribution in [0, 0.1) is 11.3 Å². The number of nitriles is 1. The van der Waals surface area contributed by atoms with E-state index >= 15 is 0 Å². The number of aromatic amines is 1. The van der Waals surface area contributed by atoms with E-state index in [1.54, 1.807) is 19.1 Å². The zero-order valence-electron chi connectivity index (χ0n) is 15.2. The van der Waals surface area contributed by atoms with Crippen molar-refractivity contribution in [2.75, 3.05) is 0 Å². The molecule has 0 amide bonds. The molecule has 0 fully saturated rings. The number of nitrogens with zero attached hydrogens (tertiary/aromatic N) is 2. The van der Waals surface area contributed by atoms with Gasteiger partial charge in [-0.3, -0.25) is 0 Å². The Labute approximate surface area is 151 Å². The monoisotopic (exact) mass is 351 g/mol. The Balaban J connectivity index is 2.20. The molecular formula is C20H21N3O3. The van der Waals surface area contributed by atoms with Crippen LogP contribution in [0.2, 0.25) is 0 Å². The standard InChI is InChI=1S/C20H21N3O3/c1-12(26-20(2,3)4)17-18(24)23(19(25)22-17)16-10-9-13(11-21)14-7-5-6-8-15(14)16/h5-10,12,24H,1-4H3,(H,22,25). The Morgan fingerprint density at radius 2 is 1.85 bits per heavy atom. The van der Waals surface area contributed by atoms with Crippen molar-refractivity contribution in [3.05, 3.63) is 58.1 Å². The largest absolute Gasteiger partial charge is 0.493 e. The van der Waals surface area contributed by atoms with Crippen molar-refractivity contribution in [2.45, 2.75) is 39.4 Å². The van der Waals surface area contributed by atoms with Crippen molar-refractivity contribution in [1.29, 1.82) is 5.26 Å². The van der Waals surface area contributed by atoms with Gasteiger partial charge < -0.3 is 14.8 Å². The molecule has 0 spiro atoms. The molecule has 6 nitrogen and oxygen atoms in total. The van der Waals surface area contributed by atoms with Gasteiger partial charge in [0.05, 0.1) is 22.9 Å². The zero-order chi connectivity index (χ0) is 19.1. The van der Waals surface area contributed by atoms with Crippen LogP contribution >= 0.6 is 0 Å². The van der Waals surface area contributed by atoms with E-state index in [0.29, 0.717) is 22.3 Å². The molecule has 2 N–H and O–H groups in total. The van der Waals surface area contributed by atoms with E-state index in [2.05, 4.69) is 11.1 Å². The Bertz CT molecular complexity index is 1060.